The van der Waals surface area contributed by atoms with Crippen LogP contribution in [0.3, 0.4) is 0 Å². The summed E-state index contributed by atoms with van der Waals surface area (Å²) in [5.74, 6) is 1.29. The molecule has 7 nitrogen and oxygen atoms in total. The maximum Gasteiger partial charge on any atom is 0.270 e. The molecule has 1 aliphatic heterocycles. The van der Waals surface area contributed by atoms with Gasteiger partial charge in [0.15, 0.2) is 16.6 Å². The first-order chi connectivity index (χ1) is 11.6. The Balaban J connectivity index is 1.54. The third kappa shape index (κ3) is 4.15. The zero-order valence-electron chi connectivity index (χ0n) is 13.7. The Kier molecular flexibility index (Phi) is 5.17. The Bertz CT molecular complexity index is 717. The van der Waals surface area contributed by atoms with Gasteiger partial charge in [0.25, 0.3) is 5.91 Å². The zero-order chi connectivity index (χ0) is 16.9. The van der Waals surface area contributed by atoms with E-state index in [1.54, 1.807) is 5.38 Å². The summed E-state index contributed by atoms with van der Waals surface area (Å²) in [6.07, 6.45) is 0.908. The van der Waals surface area contributed by atoms with Gasteiger partial charge in [-0.05, 0) is 39.2 Å². The molecular formula is C16H20N4O3S. The lowest BCUT2D eigenvalue weighted by Crippen LogP contribution is -2.27. The van der Waals surface area contributed by atoms with Crippen LogP contribution >= 0.6 is 11.3 Å². The minimum atomic E-state index is -0.149. The van der Waals surface area contributed by atoms with Crippen molar-refractivity contribution in [2.24, 2.45) is 0 Å². The average Bonchev–Trinajstić information content (AvgIpc) is 3.20. The summed E-state index contributed by atoms with van der Waals surface area (Å²) >= 11 is 1.39. The second-order valence-corrected chi connectivity index (χ2v) is 6.50. The first-order valence-corrected chi connectivity index (χ1v) is 8.55. The number of thiazole rings is 1. The van der Waals surface area contributed by atoms with Crippen LogP contribution in [0.4, 0.5) is 10.8 Å². The van der Waals surface area contributed by atoms with Crippen molar-refractivity contribution in [3.63, 3.8) is 0 Å². The van der Waals surface area contributed by atoms with Crippen molar-refractivity contribution in [1.82, 2.24) is 15.2 Å². The number of ether oxygens (including phenoxy) is 2. The Hall–Kier alpha value is -2.32. The molecule has 8 heteroatoms. The Morgan fingerprint density at radius 2 is 2.17 bits per heavy atom. The molecule has 1 aromatic carbocycles. The van der Waals surface area contributed by atoms with E-state index < -0.39 is 0 Å². The number of amides is 1. The topological polar surface area (TPSA) is 75.7 Å². The van der Waals surface area contributed by atoms with Gasteiger partial charge in [0.05, 0.1) is 0 Å². The molecule has 0 saturated heterocycles. The average molecular weight is 348 g/mol. The first-order valence-electron chi connectivity index (χ1n) is 7.67. The fraction of sp³-hybridized carbons (Fsp3) is 0.375. The predicted octanol–water partition coefficient (Wildman–Crippen LogP) is 2.30. The maximum atomic E-state index is 12.1. The number of nitrogens with one attached hydrogen (secondary N) is 2. The molecule has 0 bridgehead atoms. The van der Waals surface area contributed by atoms with Crippen LogP contribution < -0.4 is 20.1 Å². The van der Waals surface area contributed by atoms with E-state index in [-0.39, 0.29) is 12.7 Å². The van der Waals surface area contributed by atoms with E-state index >= 15 is 0 Å². The van der Waals surface area contributed by atoms with Gasteiger partial charge in [0, 0.05) is 23.7 Å². The Morgan fingerprint density at radius 3 is 3.00 bits per heavy atom. The molecule has 0 aliphatic carbocycles. The van der Waals surface area contributed by atoms with Gasteiger partial charge in [0.2, 0.25) is 6.79 Å². The molecule has 0 spiro atoms. The van der Waals surface area contributed by atoms with Crippen LogP contribution in [-0.2, 0) is 0 Å². The number of fused-ring (bicyclic) bond motifs is 1. The van der Waals surface area contributed by atoms with E-state index in [2.05, 4.69) is 20.5 Å². The van der Waals surface area contributed by atoms with Crippen LogP contribution in [0.2, 0.25) is 0 Å². The van der Waals surface area contributed by atoms with Crippen molar-refractivity contribution in [2.75, 3.05) is 39.3 Å². The van der Waals surface area contributed by atoms with Gasteiger partial charge in [-0.15, -0.1) is 11.3 Å². The Labute approximate surface area is 144 Å². The number of hydrogen-bond donors (Lipinski definition) is 2. The fourth-order valence-electron chi connectivity index (χ4n) is 2.22. The molecule has 1 aliphatic rings. The van der Waals surface area contributed by atoms with Gasteiger partial charge in [-0.2, -0.15) is 0 Å². The van der Waals surface area contributed by atoms with E-state index in [1.165, 1.54) is 11.3 Å². The quantitative estimate of drug-likeness (QED) is 0.748. The van der Waals surface area contributed by atoms with E-state index in [4.69, 9.17) is 9.47 Å². The second-order valence-electron chi connectivity index (χ2n) is 5.64. The van der Waals surface area contributed by atoms with Crippen LogP contribution in [0.5, 0.6) is 11.5 Å². The molecule has 24 heavy (non-hydrogen) atoms. The van der Waals surface area contributed by atoms with Crippen molar-refractivity contribution in [3.05, 3.63) is 29.3 Å². The van der Waals surface area contributed by atoms with Crippen LogP contribution in [0, 0.1) is 0 Å². The molecule has 2 N–H and O–H groups in total. The summed E-state index contributed by atoms with van der Waals surface area (Å²) in [6.45, 7) is 1.82. The van der Waals surface area contributed by atoms with E-state index in [0.717, 1.165) is 24.4 Å². The lowest BCUT2D eigenvalue weighted by atomic mass is 10.3. The predicted molar refractivity (Wildman–Crippen MR) is 93.5 cm³/mol. The standard InChI is InChI=1S/C16H20N4O3S/c1-20(2)7-3-6-17-15(21)12-9-24-16(19-12)18-11-4-5-13-14(8-11)23-10-22-13/h4-5,8-9H,3,6-7,10H2,1-2H3,(H,17,21)(H,18,19). The minimum Gasteiger partial charge on any atom is -0.454 e. The highest BCUT2D eigenvalue weighted by atomic mass is 32.1. The van der Waals surface area contributed by atoms with Gasteiger partial charge in [-0.25, -0.2) is 4.98 Å². The van der Waals surface area contributed by atoms with Crippen LogP contribution in [0.15, 0.2) is 23.6 Å². The lowest BCUT2D eigenvalue weighted by Gasteiger charge is -2.09. The van der Waals surface area contributed by atoms with E-state index in [1.807, 2.05) is 32.3 Å². The van der Waals surface area contributed by atoms with Crippen molar-refractivity contribution in [2.45, 2.75) is 6.42 Å². The highest BCUT2D eigenvalue weighted by molar-refractivity contribution is 7.14. The van der Waals surface area contributed by atoms with Crippen LogP contribution in [0.1, 0.15) is 16.9 Å². The molecule has 1 aromatic heterocycles. The first kappa shape index (κ1) is 16.5. The number of anilines is 2. The SMILES string of the molecule is CN(C)CCCNC(=O)c1csc(Nc2ccc3c(c2)OCO3)n1. The van der Waals surface area contributed by atoms with Gasteiger partial charge in [0.1, 0.15) is 5.69 Å². The molecule has 0 fully saturated rings. The van der Waals surface area contributed by atoms with E-state index in [9.17, 15) is 4.79 Å². The molecule has 1 amide bonds. The fourth-order valence-corrected chi connectivity index (χ4v) is 2.93. The normalized spacial score (nSPS) is 12.5. The van der Waals surface area contributed by atoms with Crippen LogP contribution in [0.25, 0.3) is 0 Å². The number of hydrogen-bond acceptors (Lipinski definition) is 7. The van der Waals surface area contributed by atoms with Crippen molar-refractivity contribution >= 4 is 28.1 Å². The monoisotopic (exact) mass is 348 g/mol. The van der Waals surface area contributed by atoms with Gasteiger partial charge < -0.3 is 25.0 Å². The largest absolute Gasteiger partial charge is 0.454 e. The molecular weight excluding hydrogens is 328 g/mol. The molecule has 0 atom stereocenters. The summed E-state index contributed by atoms with van der Waals surface area (Å²) in [5, 5.41) is 8.46. The molecule has 128 valence electrons. The zero-order valence-corrected chi connectivity index (χ0v) is 14.5. The number of carbonyl (C=O) groups excluding carboxylic acids is 1. The summed E-state index contributed by atoms with van der Waals surface area (Å²) in [7, 11) is 4.02. The molecule has 0 saturated carbocycles. The number of benzene rings is 1. The third-order valence-electron chi connectivity index (χ3n) is 3.43. The number of aromatic nitrogens is 1. The van der Waals surface area contributed by atoms with Crippen molar-refractivity contribution < 1.29 is 14.3 Å². The highest BCUT2D eigenvalue weighted by Crippen LogP contribution is 2.35. The van der Waals surface area contributed by atoms with Gasteiger partial charge in [-0.3, -0.25) is 4.79 Å². The number of nitrogens with zero attached hydrogens (tertiary/aromatic N) is 2. The summed E-state index contributed by atoms with van der Waals surface area (Å²) in [4.78, 5) is 18.5. The van der Waals surface area contributed by atoms with Gasteiger partial charge in [-0.1, -0.05) is 0 Å². The smallest absolute Gasteiger partial charge is 0.270 e. The molecule has 2 heterocycles. The second kappa shape index (κ2) is 7.50. The van der Waals surface area contributed by atoms with E-state index in [0.29, 0.717) is 23.1 Å². The number of rotatable bonds is 7. The Morgan fingerprint density at radius 1 is 1.33 bits per heavy atom. The van der Waals surface area contributed by atoms with Crippen molar-refractivity contribution in [1.29, 1.82) is 0 Å². The molecule has 0 unspecified atom stereocenters. The summed E-state index contributed by atoms with van der Waals surface area (Å²) in [5.41, 5.74) is 1.26. The number of carbonyl (C=O) groups is 1. The molecule has 0 radical (unpaired) electrons. The van der Waals surface area contributed by atoms with Gasteiger partial charge >= 0.3 is 0 Å². The lowest BCUT2D eigenvalue weighted by molar-refractivity contribution is 0.0948. The third-order valence-corrected chi connectivity index (χ3v) is 4.19. The maximum absolute atomic E-state index is 12.1. The minimum absolute atomic E-state index is 0.149. The summed E-state index contributed by atoms with van der Waals surface area (Å²) in [6, 6.07) is 5.58. The molecule has 2 aromatic rings. The van der Waals surface area contributed by atoms with Crippen molar-refractivity contribution in [3.8, 4) is 11.5 Å². The van der Waals surface area contributed by atoms with Crippen LogP contribution in [-0.4, -0.2) is 49.8 Å². The molecule has 3 rings (SSSR count). The summed E-state index contributed by atoms with van der Waals surface area (Å²) < 4.78 is 10.6. The highest BCUT2D eigenvalue weighted by Gasteiger charge is 2.14.